The predicted octanol–water partition coefficient (Wildman–Crippen LogP) is 3.82. The number of hydrogen-bond acceptors (Lipinski definition) is 4. The minimum Gasteiger partial charge on any atom is -0.435 e. The van der Waals surface area contributed by atoms with E-state index in [1.807, 2.05) is 0 Å². The molecule has 2 heterocycles. The lowest BCUT2D eigenvalue weighted by Gasteiger charge is -2.05. The highest BCUT2D eigenvalue weighted by atomic mass is 79.9. The largest absolute Gasteiger partial charge is 0.435 e. The molecule has 0 aliphatic rings. The molecular weight excluding hydrogens is 340 g/mol. The van der Waals surface area contributed by atoms with Crippen LogP contribution in [0, 0.1) is 0 Å². The fraction of sp³-hybridized carbons (Fsp3) is 0.0909. The molecule has 4 nitrogen and oxygen atoms in total. The number of rotatable bonds is 3. The standard InChI is InChI=1S/C11H6BrF2N3OS/c12-9-16-17-5-8(15-11(17)19-9)6-2-1-3-7(4-6)18-10(13)14/h1-5,10H. The van der Waals surface area contributed by atoms with E-state index in [1.54, 1.807) is 22.8 Å². The third-order valence-corrected chi connectivity index (χ3v) is 3.73. The first-order chi connectivity index (χ1) is 9.11. The highest BCUT2D eigenvalue weighted by Gasteiger charge is 2.10. The number of benzene rings is 1. The Balaban J connectivity index is 1.98. The number of imidazole rings is 1. The minimum atomic E-state index is -2.83. The number of halogens is 3. The summed E-state index contributed by atoms with van der Waals surface area (Å²) in [6.45, 7) is -2.83. The topological polar surface area (TPSA) is 39.4 Å². The van der Waals surface area contributed by atoms with Crippen molar-refractivity contribution in [3.63, 3.8) is 0 Å². The lowest BCUT2D eigenvalue weighted by atomic mass is 10.1. The van der Waals surface area contributed by atoms with E-state index in [-0.39, 0.29) is 5.75 Å². The van der Waals surface area contributed by atoms with Crippen molar-refractivity contribution in [2.45, 2.75) is 6.61 Å². The van der Waals surface area contributed by atoms with Crippen LogP contribution >= 0.6 is 27.3 Å². The Hall–Kier alpha value is -1.54. The fourth-order valence-corrected chi connectivity index (χ4v) is 2.86. The van der Waals surface area contributed by atoms with Crippen molar-refractivity contribution in [1.29, 1.82) is 0 Å². The number of hydrogen-bond donors (Lipinski definition) is 0. The van der Waals surface area contributed by atoms with E-state index in [1.165, 1.54) is 23.5 Å². The van der Waals surface area contributed by atoms with Crippen LogP contribution in [0.4, 0.5) is 8.78 Å². The summed E-state index contributed by atoms with van der Waals surface area (Å²) in [6, 6.07) is 6.42. The van der Waals surface area contributed by atoms with Gasteiger partial charge in [-0.15, -0.1) is 5.10 Å². The van der Waals surface area contributed by atoms with Crippen LogP contribution in [0.5, 0.6) is 5.75 Å². The summed E-state index contributed by atoms with van der Waals surface area (Å²) in [4.78, 5) is 5.09. The van der Waals surface area contributed by atoms with Gasteiger partial charge < -0.3 is 4.74 Å². The second-order valence-electron chi connectivity index (χ2n) is 3.61. The molecule has 0 saturated carbocycles. The minimum absolute atomic E-state index is 0.109. The molecule has 0 atom stereocenters. The van der Waals surface area contributed by atoms with Crippen LogP contribution in [0.2, 0.25) is 0 Å². The van der Waals surface area contributed by atoms with Gasteiger partial charge in [-0.25, -0.2) is 9.50 Å². The average molecular weight is 346 g/mol. The molecule has 0 radical (unpaired) electrons. The molecule has 0 unspecified atom stereocenters. The Labute approximate surface area is 118 Å². The van der Waals surface area contributed by atoms with Gasteiger partial charge in [0.25, 0.3) is 0 Å². The third kappa shape index (κ3) is 2.59. The number of aromatic nitrogens is 3. The molecule has 3 aromatic rings. The van der Waals surface area contributed by atoms with Crippen LogP contribution in [-0.4, -0.2) is 21.2 Å². The molecule has 0 aliphatic carbocycles. The summed E-state index contributed by atoms with van der Waals surface area (Å²) in [6.07, 6.45) is 1.73. The number of nitrogens with zero attached hydrogens (tertiary/aromatic N) is 3. The zero-order valence-corrected chi connectivity index (χ0v) is 11.7. The van der Waals surface area contributed by atoms with Gasteiger partial charge in [0.05, 0.1) is 11.9 Å². The Bertz CT molecular complexity index is 696. The van der Waals surface area contributed by atoms with Crippen LogP contribution in [0.1, 0.15) is 0 Å². The molecule has 3 rings (SSSR count). The van der Waals surface area contributed by atoms with E-state index in [4.69, 9.17) is 0 Å². The molecule has 98 valence electrons. The van der Waals surface area contributed by atoms with Crippen molar-refractivity contribution in [3.05, 3.63) is 34.4 Å². The maximum Gasteiger partial charge on any atom is 0.387 e. The second kappa shape index (κ2) is 4.86. The molecule has 0 saturated heterocycles. The van der Waals surface area contributed by atoms with Gasteiger partial charge in [0, 0.05) is 5.56 Å². The Morgan fingerprint density at radius 1 is 1.37 bits per heavy atom. The van der Waals surface area contributed by atoms with Crippen molar-refractivity contribution in [1.82, 2.24) is 14.6 Å². The van der Waals surface area contributed by atoms with E-state index < -0.39 is 6.61 Å². The third-order valence-electron chi connectivity index (χ3n) is 2.37. The summed E-state index contributed by atoms with van der Waals surface area (Å²) in [5.74, 6) is 0.109. The fourth-order valence-electron chi connectivity index (χ4n) is 1.65. The van der Waals surface area contributed by atoms with Gasteiger partial charge >= 0.3 is 6.61 Å². The summed E-state index contributed by atoms with van der Waals surface area (Å²) < 4.78 is 31.0. The first-order valence-corrected chi connectivity index (χ1v) is 6.80. The van der Waals surface area contributed by atoms with Crippen molar-refractivity contribution in [2.75, 3.05) is 0 Å². The van der Waals surface area contributed by atoms with Crippen molar-refractivity contribution < 1.29 is 13.5 Å². The number of alkyl halides is 2. The number of ether oxygens (including phenoxy) is 1. The average Bonchev–Trinajstić information content (AvgIpc) is 2.85. The molecule has 0 aliphatic heterocycles. The van der Waals surface area contributed by atoms with E-state index in [0.717, 1.165) is 8.88 Å². The monoisotopic (exact) mass is 345 g/mol. The van der Waals surface area contributed by atoms with Gasteiger partial charge in [0.1, 0.15) is 5.75 Å². The molecule has 0 spiro atoms. The lowest BCUT2D eigenvalue weighted by molar-refractivity contribution is -0.0498. The van der Waals surface area contributed by atoms with Crippen LogP contribution in [-0.2, 0) is 0 Å². The van der Waals surface area contributed by atoms with Crippen LogP contribution in [0.15, 0.2) is 34.4 Å². The highest BCUT2D eigenvalue weighted by Crippen LogP contribution is 2.27. The van der Waals surface area contributed by atoms with E-state index in [0.29, 0.717) is 11.3 Å². The molecular formula is C11H6BrF2N3OS. The lowest BCUT2D eigenvalue weighted by Crippen LogP contribution is -2.01. The maximum absolute atomic E-state index is 12.2. The van der Waals surface area contributed by atoms with E-state index >= 15 is 0 Å². The van der Waals surface area contributed by atoms with Gasteiger partial charge in [0.15, 0.2) is 3.92 Å². The Morgan fingerprint density at radius 2 is 2.21 bits per heavy atom. The second-order valence-corrected chi connectivity index (χ2v) is 5.85. The zero-order chi connectivity index (χ0) is 13.4. The maximum atomic E-state index is 12.2. The number of fused-ring (bicyclic) bond motifs is 1. The molecule has 2 aromatic heterocycles. The summed E-state index contributed by atoms with van der Waals surface area (Å²) in [5, 5.41) is 4.17. The molecule has 8 heteroatoms. The van der Waals surface area contributed by atoms with Crippen LogP contribution in [0.3, 0.4) is 0 Å². The summed E-state index contributed by atoms with van der Waals surface area (Å²) in [5.41, 5.74) is 1.36. The smallest absolute Gasteiger partial charge is 0.387 e. The first kappa shape index (κ1) is 12.5. The molecule has 0 amide bonds. The summed E-state index contributed by atoms with van der Waals surface area (Å²) in [7, 11) is 0. The van der Waals surface area contributed by atoms with Gasteiger partial charge in [-0.05, 0) is 28.1 Å². The SMILES string of the molecule is FC(F)Oc1cccc(-c2cn3nc(Br)sc3n2)c1. The van der Waals surface area contributed by atoms with Crippen molar-refractivity contribution >= 4 is 32.2 Å². The highest BCUT2D eigenvalue weighted by molar-refractivity contribution is 9.11. The van der Waals surface area contributed by atoms with Crippen molar-refractivity contribution in [3.8, 4) is 17.0 Å². The molecule has 19 heavy (non-hydrogen) atoms. The molecule has 0 bridgehead atoms. The first-order valence-electron chi connectivity index (χ1n) is 5.19. The zero-order valence-electron chi connectivity index (χ0n) is 9.26. The molecule has 1 aromatic carbocycles. The van der Waals surface area contributed by atoms with Crippen molar-refractivity contribution in [2.24, 2.45) is 0 Å². The predicted molar refractivity (Wildman–Crippen MR) is 70.6 cm³/mol. The van der Waals surface area contributed by atoms with Crippen LogP contribution in [0.25, 0.3) is 16.2 Å². The van der Waals surface area contributed by atoms with Gasteiger partial charge in [-0.2, -0.15) is 8.78 Å². The van der Waals surface area contributed by atoms with Gasteiger partial charge in [-0.3, -0.25) is 0 Å². The van der Waals surface area contributed by atoms with E-state index in [2.05, 4.69) is 30.7 Å². The summed E-state index contributed by atoms with van der Waals surface area (Å²) >= 11 is 4.66. The van der Waals surface area contributed by atoms with Gasteiger partial charge in [0.2, 0.25) is 4.96 Å². The van der Waals surface area contributed by atoms with Gasteiger partial charge in [-0.1, -0.05) is 23.5 Å². The normalized spacial score (nSPS) is 11.4. The Morgan fingerprint density at radius 3 is 2.95 bits per heavy atom. The molecule has 0 fully saturated rings. The quantitative estimate of drug-likeness (QED) is 0.724. The van der Waals surface area contributed by atoms with E-state index in [9.17, 15) is 8.78 Å². The molecule has 0 N–H and O–H groups in total. The Kier molecular flexibility index (Phi) is 3.19. The van der Waals surface area contributed by atoms with Crippen LogP contribution < -0.4 is 4.74 Å².